The second-order valence-corrected chi connectivity index (χ2v) is 6.03. The molecule has 112 valence electrons. The number of hydrogen-bond donors (Lipinski definition) is 1. The Bertz CT molecular complexity index is 464. The lowest BCUT2D eigenvalue weighted by Crippen LogP contribution is -2.49. The summed E-state index contributed by atoms with van der Waals surface area (Å²) in [6.45, 7) is 10.6. The van der Waals surface area contributed by atoms with E-state index in [1.54, 1.807) is 4.90 Å². The van der Waals surface area contributed by atoms with Crippen molar-refractivity contribution in [2.75, 3.05) is 19.6 Å². The Kier molecular flexibility index (Phi) is 4.32. The fraction of sp³-hybridized carbons (Fsp3) is 0.714. The first-order valence-corrected chi connectivity index (χ1v) is 7.13. The number of aromatic nitrogens is 2. The lowest BCUT2D eigenvalue weighted by molar-refractivity contribution is 0.0193. The van der Waals surface area contributed by atoms with Crippen LogP contribution in [0.5, 0.6) is 0 Å². The fourth-order valence-corrected chi connectivity index (χ4v) is 2.18. The topological polar surface area (TPSA) is 59.4 Å². The number of piperazine rings is 1. The van der Waals surface area contributed by atoms with E-state index in [1.165, 1.54) is 0 Å². The first kappa shape index (κ1) is 14.8. The summed E-state index contributed by atoms with van der Waals surface area (Å²) in [4.78, 5) is 13.8. The third kappa shape index (κ3) is 3.72. The molecule has 1 amide bonds. The van der Waals surface area contributed by atoms with Gasteiger partial charge in [0.15, 0.2) is 0 Å². The van der Waals surface area contributed by atoms with Gasteiger partial charge in [0.05, 0.1) is 11.7 Å². The predicted molar refractivity (Wildman–Crippen MR) is 76.5 cm³/mol. The Hall–Kier alpha value is -1.56. The lowest BCUT2D eigenvalue weighted by atomic mass is 10.1. The fourth-order valence-electron chi connectivity index (χ4n) is 2.18. The summed E-state index contributed by atoms with van der Waals surface area (Å²) in [5, 5.41) is 7.89. The van der Waals surface area contributed by atoms with Crippen molar-refractivity contribution in [1.82, 2.24) is 20.0 Å². The van der Waals surface area contributed by atoms with Gasteiger partial charge in [0.1, 0.15) is 5.60 Å². The zero-order chi connectivity index (χ0) is 14.8. The van der Waals surface area contributed by atoms with Crippen LogP contribution in [0, 0.1) is 0 Å². The predicted octanol–water partition coefficient (Wildman–Crippen LogP) is 1.78. The highest BCUT2D eigenvalue weighted by molar-refractivity contribution is 5.68. The summed E-state index contributed by atoms with van der Waals surface area (Å²) in [5.74, 6) is 0. The van der Waals surface area contributed by atoms with Crippen molar-refractivity contribution < 1.29 is 9.53 Å². The van der Waals surface area contributed by atoms with Crippen molar-refractivity contribution >= 4 is 6.09 Å². The van der Waals surface area contributed by atoms with Crippen LogP contribution in [0.3, 0.4) is 0 Å². The number of nitrogens with one attached hydrogen (secondary N) is 1. The zero-order valence-corrected chi connectivity index (χ0v) is 12.7. The molecule has 2 rings (SSSR count). The summed E-state index contributed by atoms with van der Waals surface area (Å²) in [7, 11) is 0. The molecule has 0 aliphatic carbocycles. The van der Waals surface area contributed by atoms with Gasteiger partial charge in [-0.15, -0.1) is 0 Å². The summed E-state index contributed by atoms with van der Waals surface area (Å²) in [6.07, 6.45) is 1.71. The smallest absolute Gasteiger partial charge is 0.410 e. The Morgan fingerprint density at radius 2 is 2.30 bits per heavy atom. The van der Waals surface area contributed by atoms with Gasteiger partial charge in [0.2, 0.25) is 0 Å². The molecule has 0 bridgehead atoms. The zero-order valence-electron chi connectivity index (χ0n) is 12.7. The van der Waals surface area contributed by atoms with Gasteiger partial charge in [-0.3, -0.25) is 4.68 Å². The highest BCUT2D eigenvalue weighted by Gasteiger charge is 2.28. The molecule has 1 aromatic heterocycles. The van der Waals surface area contributed by atoms with Crippen LogP contribution in [0.1, 0.15) is 39.4 Å². The second kappa shape index (κ2) is 5.83. The van der Waals surface area contributed by atoms with Crippen LogP contribution >= 0.6 is 0 Å². The lowest BCUT2D eigenvalue weighted by Gasteiger charge is -2.34. The number of carbonyl (C=O) groups is 1. The third-order valence-electron chi connectivity index (χ3n) is 3.17. The number of carbonyl (C=O) groups excluding carboxylic acids is 1. The van der Waals surface area contributed by atoms with E-state index in [9.17, 15) is 4.79 Å². The molecule has 1 aliphatic rings. The van der Waals surface area contributed by atoms with Gasteiger partial charge in [-0.2, -0.15) is 5.10 Å². The molecule has 1 aromatic rings. The Labute approximate surface area is 120 Å². The van der Waals surface area contributed by atoms with Crippen molar-refractivity contribution in [1.29, 1.82) is 0 Å². The molecule has 1 aliphatic heterocycles. The Balaban J connectivity index is 1.99. The average molecular weight is 280 g/mol. The highest BCUT2D eigenvalue weighted by Crippen LogP contribution is 2.18. The number of nitrogens with zero attached hydrogens (tertiary/aromatic N) is 3. The van der Waals surface area contributed by atoms with Crippen LogP contribution in [-0.4, -0.2) is 46.0 Å². The van der Waals surface area contributed by atoms with Gasteiger partial charge < -0.3 is 15.0 Å². The third-order valence-corrected chi connectivity index (χ3v) is 3.17. The first-order chi connectivity index (χ1) is 9.39. The maximum absolute atomic E-state index is 12.1. The molecule has 1 saturated heterocycles. The molecule has 1 fully saturated rings. The molecule has 0 saturated carbocycles. The van der Waals surface area contributed by atoms with Crippen LogP contribution in [0.2, 0.25) is 0 Å². The van der Waals surface area contributed by atoms with Gasteiger partial charge >= 0.3 is 6.09 Å². The molecule has 2 heterocycles. The highest BCUT2D eigenvalue weighted by atomic mass is 16.6. The normalized spacial score (nSPS) is 20.0. The van der Waals surface area contributed by atoms with Crippen LogP contribution in [-0.2, 0) is 11.3 Å². The molecule has 0 radical (unpaired) electrons. The number of aryl methyl sites for hydroxylation is 1. The van der Waals surface area contributed by atoms with E-state index >= 15 is 0 Å². The minimum absolute atomic E-state index is 0.0732. The van der Waals surface area contributed by atoms with Crippen molar-refractivity contribution in [3.8, 4) is 0 Å². The van der Waals surface area contributed by atoms with Gasteiger partial charge in [0.25, 0.3) is 0 Å². The quantitative estimate of drug-likeness (QED) is 0.897. The van der Waals surface area contributed by atoms with Crippen LogP contribution in [0.25, 0.3) is 0 Å². The summed E-state index contributed by atoms with van der Waals surface area (Å²) >= 11 is 0. The summed E-state index contributed by atoms with van der Waals surface area (Å²) in [5.41, 5.74) is 0.515. The maximum Gasteiger partial charge on any atom is 0.410 e. The van der Waals surface area contributed by atoms with Crippen LogP contribution in [0.15, 0.2) is 12.3 Å². The number of ether oxygens (including phenoxy) is 1. The van der Waals surface area contributed by atoms with E-state index in [-0.39, 0.29) is 12.1 Å². The molecule has 20 heavy (non-hydrogen) atoms. The molecular weight excluding hydrogens is 256 g/mol. The largest absolute Gasteiger partial charge is 0.444 e. The SMILES string of the molecule is CCn1ccc(C2CN(C(=O)OC(C)(C)C)CCN2)n1. The molecule has 0 spiro atoms. The van der Waals surface area contributed by atoms with Gasteiger partial charge in [-0.25, -0.2) is 4.79 Å². The van der Waals surface area contributed by atoms with E-state index in [0.29, 0.717) is 13.1 Å². The number of hydrogen-bond acceptors (Lipinski definition) is 4. The second-order valence-electron chi connectivity index (χ2n) is 6.03. The molecule has 6 heteroatoms. The number of rotatable bonds is 2. The molecule has 1 unspecified atom stereocenters. The average Bonchev–Trinajstić information content (AvgIpc) is 2.85. The van der Waals surface area contributed by atoms with E-state index < -0.39 is 5.60 Å². The van der Waals surface area contributed by atoms with Gasteiger partial charge in [0, 0.05) is 32.4 Å². The van der Waals surface area contributed by atoms with Crippen LogP contribution in [0.4, 0.5) is 4.79 Å². The summed E-state index contributed by atoms with van der Waals surface area (Å²) < 4.78 is 7.31. The molecule has 1 N–H and O–H groups in total. The van der Waals surface area contributed by atoms with Crippen molar-refractivity contribution in [2.24, 2.45) is 0 Å². The van der Waals surface area contributed by atoms with Crippen molar-refractivity contribution in [3.63, 3.8) is 0 Å². The maximum atomic E-state index is 12.1. The monoisotopic (exact) mass is 280 g/mol. The van der Waals surface area contributed by atoms with Gasteiger partial charge in [-0.05, 0) is 33.8 Å². The van der Waals surface area contributed by atoms with E-state index in [0.717, 1.165) is 18.8 Å². The minimum Gasteiger partial charge on any atom is -0.444 e. The van der Waals surface area contributed by atoms with E-state index in [1.807, 2.05) is 37.7 Å². The van der Waals surface area contributed by atoms with Crippen molar-refractivity contribution in [2.45, 2.75) is 45.9 Å². The van der Waals surface area contributed by atoms with E-state index in [4.69, 9.17) is 4.74 Å². The van der Waals surface area contributed by atoms with Crippen molar-refractivity contribution in [3.05, 3.63) is 18.0 Å². The van der Waals surface area contributed by atoms with Crippen LogP contribution < -0.4 is 5.32 Å². The standard InChI is InChI=1S/C14H24N4O2/c1-5-18-8-6-11(16-18)12-10-17(9-7-15-12)13(19)20-14(2,3)4/h6,8,12,15H,5,7,9-10H2,1-4H3. The molecular formula is C14H24N4O2. The minimum atomic E-state index is -0.457. The Morgan fingerprint density at radius 3 is 2.90 bits per heavy atom. The molecule has 6 nitrogen and oxygen atoms in total. The van der Waals surface area contributed by atoms with Gasteiger partial charge in [-0.1, -0.05) is 0 Å². The Morgan fingerprint density at radius 1 is 1.55 bits per heavy atom. The summed E-state index contributed by atoms with van der Waals surface area (Å²) in [6, 6.07) is 2.07. The molecule has 1 atom stereocenters. The van der Waals surface area contributed by atoms with E-state index in [2.05, 4.69) is 17.3 Å². The first-order valence-electron chi connectivity index (χ1n) is 7.13. The number of amides is 1. The molecule has 0 aromatic carbocycles.